The summed E-state index contributed by atoms with van der Waals surface area (Å²) in [5.41, 5.74) is -0.113. The molecule has 1 N–H and O–H groups in total. The highest BCUT2D eigenvalue weighted by Gasteiger charge is 2.64. The number of hydrogen-bond donors (Lipinski definition) is 1. The predicted octanol–water partition coefficient (Wildman–Crippen LogP) is 1.70. The molecular weight excluding hydrogens is 404 g/mol. The van der Waals surface area contributed by atoms with Gasteiger partial charge in [0.1, 0.15) is 12.7 Å². The Bertz CT molecular complexity index is 677. The molecule has 0 aromatic rings. The van der Waals surface area contributed by atoms with Gasteiger partial charge in [-0.05, 0) is 12.8 Å². The fourth-order valence-corrected chi connectivity index (χ4v) is 2.42. The van der Waals surface area contributed by atoms with Crippen molar-refractivity contribution in [3.05, 3.63) is 12.2 Å². The van der Waals surface area contributed by atoms with Crippen LogP contribution in [0.3, 0.4) is 0 Å². The first-order valence-corrected chi connectivity index (χ1v) is 9.06. The Labute approximate surface area is 152 Å². The molecule has 156 valence electrons. The molecule has 1 unspecified atom stereocenters. The number of unbranched alkanes of at least 4 members (excludes halogenated alkanes) is 1. The van der Waals surface area contributed by atoms with Crippen molar-refractivity contribution >= 4 is 22.1 Å². The number of hydrogen-bond acceptors (Lipinski definition) is 7. The molecule has 1 fully saturated rings. The standard InChI is InChI=1S/C14H18F4O8S/c1-9(12(20)26-10-6-11(19)25-8-10)7-24-5-3-2-4-13(15,16)14(17,18)27(21,22)23/h10H,1-8H2,(H,21,22,23). The molecule has 1 atom stereocenters. The Morgan fingerprint density at radius 3 is 2.44 bits per heavy atom. The molecule has 0 spiro atoms. The van der Waals surface area contributed by atoms with Crippen molar-refractivity contribution in [3.8, 4) is 0 Å². The average Bonchev–Trinajstić information content (AvgIpc) is 2.94. The first kappa shape index (κ1) is 23.3. The summed E-state index contributed by atoms with van der Waals surface area (Å²) in [7, 11) is -6.25. The van der Waals surface area contributed by atoms with Crippen LogP contribution in [0.25, 0.3) is 0 Å². The maximum atomic E-state index is 13.2. The molecule has 0 aromatic heterocycles. The highest BCUT2D eigenvalue weighted by molar-refractivity contribution is 7.87. The highest BCUT2D eigenvalue weighted by atomic mass is 32.2. The summed E-state index contributed by atoms with van der Waals surface area (Å²) >= 11 is 0. The van der Waals surface area contributed by atoms with Gasteiger partial charge >= 0.3 is 33.2 Å². The summed E-state index contributed by atoms with van der Waals surface area (Å²) in [4.78, 5) is 22.5. The first-order valence-electron chi connectivity index (χ1n) is 7.62. The van der Waals surface area contributed by atoms with E-state index < -0.39 is 52.2 Å². The molecule has 8 nitrogen and oxygen atoms in total. The Morgan fingerprint density at radius 1 is 1.30 bits per heavy atom. The van der Waals surface area contributed by atoms with Crippen molar-refractivity contribution < 1.29 is 54.3 Å². The van der Waals surface area contributed by atoms with Gasteiger partial charge in [-0.1, -0.05) is 6.58 Å². The first-order chi connectivity index (χ1) is 12.3. The molecule has 0 amide bonds. The van der Waals surface area contributed by atoms with Crippen LogP contribution in [-0.4, -0.2) is 62.0 Å². The van der Waals surface area contributed by atoms with E-state index in [0.717, 1.165) is 0 Å². The van der Waals surface area contributed by atoms with Crippen LogP contribution in [0, 0.1) is 0 Å². The Kier molecular flexibility index (Phi) is 7.75. The lowest BCUT2D eigenvalue weighted by Gasteiger charge is -2.23. The van der Waals surface area contributed by atoms with Gasteiger partial charge in [0, 0.05) is 13.0 Å². The number of carbonyl (C=O) groups excluding carboxylic acids is 2. The fraction of sp³-hybridized carbons (Fsp3) is 0.714. The molecule has 1 aliphatic rings. The van der Waals surface area contributed by atoms with Crippen molar-refractivity contribution in [2.75, 3.05) is 19.8 Å². The van der Waals surface area contributed by atoms with Gasteiger partial charge in [-0.15, -0.1) is 0 Å². The van der Waals surface area contributed by atoms with Gasteiger partial charge in [0.05, 0.1) is 18.6 Å². The van der Waals surface area contributed by atoms with E-state index in [1.165, 1.54) is 0 Å². The maximum absolute atomic E-state index is 13.2. The lowest BCUT2D eigenvalue weighted by Crippen LogP contribution is -2.46. The van der Waals surface area contributed by atoms with Gasteiger partial charge in [0.2, 0.25) is 0 Å². The van der Waals surface area contributed by atoms with Gasteiger partial charge in [0.25, 0.3) is 0 Å². The molecule has 1 heterocycles. The molecule has 0 aliphatic carbocycles. The van der Waals surface area contributed by atoms with Gasteiger partial charge < -0.3 is 14.2 Å². The molecule has 0 radical (unpaired) electrons. The van der Waals surface area contributed by atoms with Crippen LogP contribution >= 0.6 is 0 Å². The quantitative estimate of drug-likeness (QED) is 0.176. The van der Waals surface area contributed by atoms with Crippen LogP contribution in [0.4, 0.5) is 17.6 Å². The molecule has 1 saturated heterocycles. The van der Waals surface area contributed by atoms with E-state index in [2.05, 4.69) is 11.3 Å². The van der Waals surface area contributed by atoms with Crippen LogP contribution in [0.15, 0.2) is 12.2 Å². The number of rotatable bonds is 11. The number of esters is 2. The van der Waals surface area contributed by atoms with Crippen molar-refractivity contribution in [1.29, 1.82) is 0 Å². The topological polar surface area (TPSA) is 116 Å². The minimum Gasteiger partial charge on any atom is -0.462 e. The van der Waals surface area contributed by atoms with Gasteiger partial charge in [-0.3, -0.25) is 9.35 Å². The highest BCUT2D eigenvalue weighted by Crippen LogP contribution is 2.41. The van der Waals surface area contributed by atoms with E-state index in [4.69, 9.17) is 14.0 Å². The van der Waals surface area contributed by atoms with E-state index in [9.17, 15) is 35.6 Å². The molecule has 0 bridgehead atoms. The van der Waals surface area contributed by atoms with Crippen LogP contribution in [0.5, 0.6) is 0 Å². The fourth-order valence-electron chi connectivity index (χ4n) is 1.94. The van der Waals surface area contributed by atoms with Crippen molar-refractivity contribution in [3.63, 3.8) is 0 Å². The van der Waals surface area contributed by atoms with Crippen molar-refractivity contribution in [1.82, 2.24) is 0 Å². The third kappa shape index (κ3) is 6.43. The van der Waals surface area contributed by atoms with E-state index >= 15 is 0 Å². The predicted molar refractivity (Wildman–Crippen MR) is 80.7 cm³/mol. The number of halogens is 4. The zero-order chi connectivity index (χ0) is 20.9. The van der Waals surface area contributed by atoms with E-state index in [0.29, 0.717) is 0 Å². The summed E-state index contributed by atoms with van der Waals surface area (Å²) in [6, 6.07) is 0. The van der Waals surface area contributed by atoms with E-state index in [-0.39, 0.29) is 38.2 Å². The second-order valence-electron chi connectivity index (χ2n) is 5.72. The van der Waals surface area contributed by atoms with Crippen molar-refractivity contribution in [2.45, 2.75) is 43.0 Å². The van der Waals surface area contributed by atoms with E-state index in [1.54, 1.807) is 0 Å². The summed E-state index contributed by atoms with van der Waals surface area (Å²) < 4.78 is 95.7. The van der Waals surface area contributed by atoms with Crippen LogP contribution in [0.1, 0.15) is 25.7 Å². The molecule has 0 aromatic carbocycles. The lowest BCUT2D eigenvalue weighted by molar-refractivity contribution is -0.165. The summed E-state index contributed by atoms with van der Waals surface area (Å²) in [5, 5.41) is -5.59. The van der Waals surface area contributed by atoms with Gasteiger partial charge in [0.15, 0.2) is 0 Å². The minimum absolute atomic E-state index is 0.0683. The summed E-state index contributed by atoms with van der Waals surface area (Å²) in [6.45, 7) is 2.80. The number of carbonyl (C=O) groups is 2. The second-order valence-corrected chi connectivity index (χ2v) is 7.19. The summed E-state index contributed by atoms with van der Waals surface area (Å²) in [5.74, 6) is -6.29. The smallest absolute Gasteiger partial charge is 0.431 e. The van der Waals surface area contributed by atoms with Crippen LogP contribution in [0.2, 0.25) is 0 Å². The SMILES string of the molecule is C=C(COCCCCC(F)(F)C(F)(F)S(=O)(=O)O)C(=O)OC1COC(=O)C1. The number of ether oxygens (including phenoxy) is 3. The Balaban J connectivity index is 2.25. The van der Waals surface area contributed by atoms with Gasteiger partial charge in [-0.2, -0.15) is 26.0 Å². The van der Waals surface area contributed by atoms with Crippen LogP contribution in [-0.2, 0) is 33.9 Å². The largest absolute Gasteiger partial charge is 0.462 e. The van der Waals surface area contributed by atoms with Gasteiger partial charge in [-0.25, -0.2) is 4.79 Å². The molecular formula is C14H18F4O8S. The lowest BCUT2D eigenvalue weighted by atomic mass is 10.1. The maximum Gasteiger partial charge on any atom is 0.431 e. The third-order valence-corrected chi connectivity index (χ3v) is 4.39. The Hall–Kier alpha value is -1.73. The van der Waals surface area contributed by atoms with Crippen molar-refractivity contribution in [2.24, 2.45) is 0 Å². The zero-order valence-corrected chi connectivity index (χ0v) is 14.8. The molecule has 0 saturated carbocycles. The third-order valence-electron chi connectivity index (χ3n) is 3.44. The van der Waals surface area contributed by atoms with Crippen LogP contribution < -0.4 is 0 Å². The molecule has 1 rings (SSSR count). The second kappa shape index (κ2) is 8.97. The zero-order valence-electron chi connectivity index (χ0n) is 14.0. The Morgan fingerprint density at radius 2 is 1.93 bits per heavy atom. The average molecular weight is 422 g/mol. The monoisotopic (exact) mass is 422 g/mol. The molecule has 13 heteroatoms. The minimum atomic E-state index is -6.25. The normalized spacial score (nSPS) is 18.3. The molecule has 27 heavy (non-hydrogen) atoms. The summed E-state index contributed by atoms with van der Waals surface area (Å²) in [6.07, 6.45) is -2.99. The number of alkyl halides is 4. The van der Waals surface area contributed by atoms with E-state index in [1.807, 2.05) is 0 Å². The number of cyclic esters (lactones) is 1. The molecule has 1 aliphatic heterocycles.